The fourth-order valence-electron chi connectivity index (χ4n) is 6.01. The maximum absolute atomic E-state index is 8.96. The highest BCUT2D eigenvalue weighted by atomic mass is 32.1. The van der Waals surface area contributed by atoms with Gasteiger partial charge < -0.3 is 0 Å². The Balaban J connectivity index is 1.21. The fourth-order valence-corrected chi connectivity index (χ4v) is 6.17. The summed E-state index contributed by atoms with van der Waals surface area (Å²) in [7, 11) is 0. The summed E-state index contributed by atoms with van der Waals surface area (Å²) in [5, 5.41) is 9.87. The molecule has 8 rings (SSSR count). The first-order valence-corrected chi connectivity index (χ1v) is 15.5. The first-order valence-electron chi connectivity index (χ1n) is 15.1. The molecule has 0 saturated carbocycles. The molecule has 3 aromatic carbocycles. The average Bonchev–Trinajstić information content (AvgIpc) is 3.15. The van der Waals surface area contributed by atoms with E-state index in [1.807, 2.05) is 78.9 Å². The van der Waals surface area contributed by atoms with Crippen molar-refractivity contribution >= 4 is 41.2 Å². The van der Waals surface area contributed by atoms with Gasteiger partial charge in [0.2, 0.25) is 0 Å². The summed E-state index contributed by atoms with van der Waals surface area (Å²) in [6, 6.07) is 40.7. The highest BCUT2D eigenvalue weighted by Crippen LogP contribution is 2.36. The summed E-state index contributed by atoms with van der Waals surface area (Å²) in [4.78, 5) is 19.1. The third-order valence-electron chi connectivity index (χ3n) is 8.32. The third-order valence-corrected chi connectivity index (χ3v) is 8.54. The van der Waals surface area contributed by atoms with Gasteiger partial charge in [-0.05, 0) is 89.7 Å². The minimum Gasteiger partial charge on any atom is -0.298 e. The van der Waals surface area contributed by atoms with Crippen LogP contribution in [0.1, 0.15) is 11.1 Å². The predicted molar refractivity (Wildman–Crippen MR) is 195 cm³/mol. The highest BCUT2D eigenvalue weighted by molar-refractivity contribution is 7.79. The lowest BCUT2D eigenvalue weighted by molar-refractivity contribution is 1.22. The van der Waals surface area contributed by atoms with Crippen molar-refractivity contribution in [2.24, 2.45) is 4.40 Å². The lowest BCUT2D eigenvalue weighted by atomic mass is 9.87. The van der Waals surface area contributed by atoms with Crippen LogP contribution < -0.4 is 0 Å². The molecule has 222 valence electrons. The molecule has 47 heavy (non-hydrogen) atoms. The molecule has 0 aliphatic heterocycles. The van der Waals surface area contributed by atoms with Crippen LogP contribution in [0.3, 0.4) is 0 Å². The highest BCUT2D eigenvalue weighted by Gasteiger charge is 2.23. The van der Waals surface area contributed by atoms with Gasteiger partial charge in [-0.15, -0.1) is 0 Å². The zero-order valence-corrected chi connectivity index (χ0v) is 25.9. The largest absolute Gasteiger partial charge is 0.298 e. The van der Waals surface area contributed by atoms with Gasteiger partial charge in [0.25, 0.3) is 0 Å². The normalized spacial score (nSPS) is 13.2. The molecular formula is C40H26N6S. The third kappa shape index (κ3) is 5.32. The zero-order valence-electron chi connectivity index (χ0n) is 25.0. The Kier molecular flexibility index (Phi) is 7.28. The van der Waals surface area contributed by atoms with Crippen molar-refractivity contribution < 1.29 is 0 Å². The van der Waals surface area contributed by atoms with Crippen molar-refractivity contribution in [1.82, 2.24) is 19.9 Å². The number of hydrogen-bond acceptors (Lipinski definition) is 7. The summed E-state index contributed by atoms with van der Waals surface area (Å²) >= 11 is 4.12. The summed E-state index contributed by atoms with van der Waals surface area (Å²) in [6.07, 6.45) is 7.38. The van der Waals surface area contributed by atoms with Crippen LogP contribution in [-0.2, 0) is 0 Å². The van der Waals surface area contributed by atoms with Crippen LogP contribution in [0.25, 0.3) is 73.3 Å². The first-order chi connectivity index (χ1) is 23.2. The lowest BCUT2D eigenvalue weighted by Gasteiger charge is -2.19. The molecule has 0 unspecified atom stereocenters. The number of pyridine rings is 4. The van der Waals surface area contributed by atoms with Gasteiger partial charge in [0, 0.05) is 34.5 Å². The minimum atomic E-state index is 0.340. The molecule has 0 saturated heterocycles. The summed E-state index contributed by atoms with van der Waals surface area (Å²) in [5.74, 6) is 0. The van der Waals surface area contributed by atoms with E-state index in [1.165, 1.54) is 0 Å². The quantitative estimate of drug-likeness (QED) is 0.187. The second kappa shape index (κ2) is 12.0. The van der Waals surface area contributed by atoms with Gasteiger partial charge in [-0.25, -0.2) is 14.4 Å². The molecule has 1 aliphatic carbocycles. The SMILES string of the molecule is N=C1/C(=N\S)C=Cc2c(-c3ccccc3)nc3cc(-c4ccc(-c5cc(-c6ccccn6)nc(-c6ccccn6)c5)cc4)ccc3c21. The van der Waals surface area contributed by atoms with Crippen LogP contribution in [0.15, 0.2) is 144 Å². The van der Waals surface area contributed by atoms with Crippen LogP contribution in [0.4, 0.5) is 0 Å². The molecule has 0 radical (unpaired) electrons. The topological polar surface area (TPSA) is 87.8 Å². The van der Waals surface area contributed by atoms with Gasteiger partial charge in [-0.2, -0.15) is 0 Å². The maximum atomic E-state index is 8.96. The minimum absolute atomic E-state index is 0.340. The van der Waals surface area contributed by atoms with Crippen LogP contribution in [-0.4, -0.2) is 31.4 Å². The molecule has 6 nitrogen and oxygen atoms in total. The fraction of sp³-hybridized carbons (Fsp3) is 0. The van der Waals surface area contributed by atoms with Crippen molar-refractivity contribution in [2.75, 3.05) is 0 Å². The lowest BCUT2D eigenvalue weighted by Crippen LogP contribution is -2.18. The van der Waals surface area contributed by atoms with Gasteiger partial charge >= 0.3 is 0 Å². The molecule has 0 fully saturated rings. The standard InChI is InChI=1S/C40H26N6S/c41-39-34(46-47)19-18-31-38(39)30-17-16-28(22-35(30)45-40(31)27-8-2-1-3-9-27)25-12-14-26(15-13-25)29-23-36(32-10-4-6-20-42-32)44-37(24-29)33-11-5-7-21-43-33/h1-24,41,47H/b41-39?,46-34-. The molecule has 0 amide bonds. The van der Waals surface area contributed by atoms with E-state index in [2.05, 4.69) is 81.8 Å². The van der Waals surface area contributed by atoms with Crippen molar-refractivity contribution in [3.63, 3.8) is 0 Å². The smallest absolute Gasteiger partial charge is 0.0966 e. The summed E-state index contributed by atoms with van der Waals surface area (Å²) < 4.78 is 4.05. The van der Waals surface area contributed by atoms with Crippen LogP contribution in [0, 0.1) is 5.41 Å². The monoisotopic (exact) mass is 622 g/mol. The van der Waals surface area contributed by atoms with Gasteiger partial charge in [0.15, 0.2) is 0 Å². The molecule has 1 N–H and O–H groups in total. The Labute approximate surface area is 277 Å². The molecule has 4 aromatic heterocycles. The number of aromatic nitrogens is 4. The van der Waals surface area contributed by atoms with Crippen molar-refractivity contribution in [1.29, 1.82) is 5.41 Å². The van der Waals surface area contributed by atoms with E-state index in [0.717, 1.165) is 78.3 Å². The van der Waals surface area contributed by atoms with Crippen molar-refractivity contribution in [3.8, 4) is 56.3 Å². The van der Waals surface area contributed by atoms with Crippen LogP contribution >= 0.6 is 12.8 Å². The molecule has 0 spiro atoms. The average molecular weight is 623 g/mol. The van der Waals surface area contributed by atoms with Gasteiger partial charge in [0.05, 0.1) is 45.4 Å². The van der Waals surface area contributed by atoms with Gasteiger partial charge in [0.1, 0.15) is 0 Å². The zero-order chi connectivity index (χ0) is 31.7. The maximum Gasteiger partial charge on any atom is 0.0966 e. The van der Waals surface area contributed by atoms with E-state index in [9.17, 15) is 0 Å². The molecular weight excluding hydrogens is 597 g/mol. The van der Waals surface area contributed by atoms with E-state index in [4.69, 9.17) is 15.4 Å². The molecule has 0 atom stereocenters. The summed E-state index contributed by atoms with van der Waals surface area (Å²) in [5.41, 5.74) is 12.6. The number of rotatable bonds is 5. The van der Waals surface area contributed by atoms with E-state index in [-0.39, 0.29) is 0 Å². The number of nitrogens with one attached hydrogen (secondary N) is 1. The Morgan fingerprint density at radius 2 is 1.15 bits per heavy atom. The number of thiol groups is 1. The molecule has 0 bridgehead atoms. The van der Waals surface area contributed by atoms with Gasteiger partial charge in [-0.3, -0.25) is 15.4 Å². The van der Waals surface area contributed by atoms with Crippen molar-refractivity contribution in [2.45, 2.75) is 0 Å². The van der Waals surface area contributed by atoms with E-state index < -0.39 is 0 Å². The molecule has 4 heterocycles. The number of allylic oxidation sites excluding steroid dienone is 1. The second-order valence-corrected chi connectivity index (χ2v) is 11.4. The molecule has 7 aromatic rings. The number of benzene rings is 3. The number of fused-ring (bicyclic) bond motifs is 3. The Bertz CT molecular complexity index is 2290. The predicted octanol–water partition coefficient (Wildman–Crippen LogP) is 9.44. The van der Waals surface area contributed by atoms with Crippen LogP contribution in [0.2, 0.25) is 0 Å². The Morgan fingerprint density at radius 1 is 0.532 bits per heavy atom. The molecule has 7 heteroatoms. The van der Waals surface area contributed by atoms with E-state index >= 15 is 0 Å². The number of nitrogens with zero attached hydrogens (tertiary/aromatic N) is 5. The van der Waals surface area contributed by atoms with Gasteiger partial charge in [-0.1, -0.05) is 78.9 Å². The number of hydrogen-bond donors (Lipinski definition) is 2. The second-order valence-electron chi connectivity index (χ2n) is 11.2. The van der Waals surface area contributed by atoms with Crippen LogP contribution in [0.5, 0.6) is 0 Å². The summed E-state index contributed by atoms with van der Waals surface area (Å²) in [6.45, 7) is 0. The first kappa shape index (κ1) is 28.4. The van der Waals surface area contributed by atoms with E-state index in [0.29, 0.717) is 11.4 Å². The Morgan fingerprint density at radius 3 is 1.77 bits per heavy atom. The van der Waals surface area contributed by atoms with Crippen molar-refractivity contribution in [3.05, 3.63) is 151 Å². The van der Waals surface area contributed by atoms with E-state index in [1.54, 1.807) is 12.4 Å². The Hall–Kier alpha value is -6.05. The molecule has 1 aliphatic rings.